The van der Waals surface area contributed by atoms with Crippen LogP contribution in [0.1, 0.15) is 226 Å². The first-order chi connectivity index (χ1) is 35.0. The maximum Gasteiger partial charge on any atom is 0.306 e. The zero-order chi connectivity index (χ0) is 51.4. The zero-order valence-electron chi connectivity index (χ0n) is 45.4. The summed E-state index contributed by atoms with van der Waals surface area (Å²) in [6, 6.07) is 0. The molecule has 0 spiro atoms. The number of allylic oxidation sites excluding steroid dienone is 24. The van der Waals surface area contributed by atoms with Crippen molar-refractivity contribution in [3.63, 3.8) is 0 Å². The van der Waals surface area contributed by atoms with E-state index in [0.717, 1.165) is 70.6 Å². The molecule has 0 aliphatic heterocycles. The number of esters is 3. The summed E-state index contributed by atoms with van der Waals surface area (Å²) >= 11 is 0. The number of rotatable bonds is 49. The van der Waals surface area contributed by atoms with Crippen LogP contribution in [0.3, 0.4) is 0 Å². The molecular weight excluding hydrogens is 877 g/mol. The minimum absolute atomic E-state index is 0.123. The molecule has 6 nitrogen and oxygen atoms in total. The van der Waals surface area contributed by atoms with Gasteiger partial charge in [-0.15, -0.1) is 0 Å². The van der Waals surface area contributed by atoms with E-state index in [-0.39, 0.29) is 44.0 Å². The van der Waals surface area contributed by atoms with Crippen molar-refractivity contribution >= 4 is 17.9 Å². The lowest BCUT2D eigenvalue weighted by molar-refractivity contribution is -0.167. The van der Waals surface area contributed by atoms with Gasteiger partial charge in [0.05, 0.1) is 0 Å². The smallest absolute Gasteiger partial charge is 0.306 e. The average Bonchev–Trinajstić information content (AvgIpc) is 3.37. The van der Waals surface area contributed by atoms with Gasteiger partial charge in [-0.05, 0) is 103 Å². The van der Waals surface area contributed by atoms with Crippen molar-refractivity contribution in [1.82, 2.24) is 0 Å². The molecule has 0 heterocycles. The van der Waals surface area contributed by atoms with E-state index in [1.165, 1.54) is 103 Å². The molecule has 0 aliphatic carbocycles. The van der Waals surface area contributed by atoms with E-state index in [0.29, 0.717) is 19.3 Å². The maximum absolute atomic E-state index is 12.8. The summed E-state index contributed by atoms with van der Waals surface area (Å²) in [7, 11) is 0. The first-order valence-electron chi connectivity index (χ1n) is 28.4. The van der Waals surface area contributed by atoms with E-state index in [2.05, 4.69) is 93.7 Å². The molecular formula is C65H102O6. The van der Waals surface area contributed by atoms with Crippen LogP contribution in [0.25, 0.3) is 0 Å². The Morgan fingerprint density at radius 1 is 0.310 bits per heavy atom. The van der Waals surface area contributed by atoms with Crippen molar-refractivity contribution in [3.05, 3.63) is 146 Å². The standard InChI is InChI=1S/C65H102O6/c1-4-7-10-13-16-19-22-25-28-31-32-35-37-40-43-46-49-52-55-58-64(67)70-61-62(71-65(68)59-56-53-50-47-44-41-38-34-30-27-24-21-18-15-12-9-6-3)60-69-63(66)57-54-51-48-45-42-39-36-33-29-26-23-20-17-14-11-8-5-2/h7,10,13,16,18-19,21-22,25-32,35,37-38,40-41,43,47,50,62H,4-6,8-9,11-12,14-15,17,20,23-24,33-34,36,39,42,44-46,48-49,51-61H2,1-3H3/b10-7-,16-13-,21-18-,22-19-,28-25-,29-26-,30-27-,32-31+,37-35-,41-38-,43-40-,50-47-. The fraction of sp³-hybridized carbons (Fsp3) is 0.585. The number of unbranched alkanes of at least 4 members (excludes halogenated alkanes) is 20. The van der Waals surface area contributed by atoms with Crippen molar-refractivity contribution in [2.75, 3.05) is 13.2 Å². The van der Waals surface area contributed by atoms with Crippen molar-refractivity contribution in [2.45, 2.75) is 232 Å². The third-order valence-corrected chi connectivity index (χ3v) is 11.5. The molecule has 0 amide bonds. The number of carbonyl (C=O) groups is 3. The largest absolute Gasteiger partial charge is 0.462 e. The van der Waals surface area contributed by atoms with Gasteiger partial charge in [-0.1, -0.05) is 250 Å². The second-order valence-electron chi connectivity index (χ2n) is 18.3. The summed E-state index contributed by atoms with van der Waals surface area (Å²) in [4.78, 5) is 38.1. The Hall–Kier alpha value is -4.71. The van der Waals surface area contributed by atoms with Crippen LogP contribution in [0.4, 0.5) is 0 Å². The molecule has 0 saturated heterocycles. The summed E-state index contributed by atoms with van der Waals surface area (Å²) in [6.07, 6.45) is 82.6. The van der Waals surface area contributed by atoms with Crippen LogP contribution < -0.4 is 0 Å². The molecule has 0 aliphatic rings. The van der Waals surface area contributed by atoms with Gasteiger partial charge < -0.3 is 14.2 Å². The first-order valence-corrected chi connectivity index (χ1v) is 28.4. The number of ether oxygens (including phenoxy) is 3. The van der Waals surface area contributed by atoms with E-state index in [4.69, 9.17) is 14.2 Å². The molecule has 0 bridgehead atoms. The number of hydrogen-bond acceptors (Lipinski definition) is 6. The Labute approximate surface area is 436 Å². The highest BCUT2D eigenvalue weighted by atomic mass is 16.6. The van der Waals surface area contributed by atoms with Crippen LogP contribution in [0.2, 0.25) is 0 Å². The third kappa shape index (κ3) is 56.1. The summed E-state index contributed by atoms with van der Waals surface area (Å²) in [6.45, 7) is 6.36. The summed E-state index contributed by atoms with van der Waals surface area (Å²) in [5.74, 6) is -1.04. The van der Waals surface area contributed by atoms with Gasteiger partial charge >= 0.3 is 17.9 Å². The molecule has 398 valence electrons. The Balaban J connectivity index is 4.61. The summed E-state index contributed by atoms with van der Waals surface area (Å²) in [5, 5.41) is 0. The highest BCUT2D eigenvalue weighted by Gasteiger charge is 2.19. The van der Waals surface area contributed by atoms with E-state index in [1.54, 1.807) is 0 Å². The zero-order valence-corrected chi connectivity index (χ0v) is 45.4. The van der Waals surface area contributed by atoms with E-state index < -0.39 is 6.10 Å². The van der Waals surface area contributed by atoms with Crippen LogP contribution in [0.5, 0.6) is 0 Å². The molecule has 6 heteroatoms. The van der Waals surface area contributed by atoms with Gasteiger partial charge in [0.2, 0.25) is 0 Å². The highest BCUT2D eigenvalue weighted by Crippen LogP contribution is 2.13. The van der Waals surface area contributed by atoms with Gasteiger partial charge in [-0.25, -0.2) is 0 Å². The minimum Gasteiger partial charge on any atom is -0.462 e. The van der Waals surface area contributed by atoms with E-state index in [9.17, 15) is 14.4 Å². The SMILES string of the molecule is CC\C=C/C=C\C=C/C=C\C=C\C=C/C=C\CCCCCC(=O)OCC(COC(=O)CCCCCCCCC/C=C\CCCCCCCC)OC(=O)CCC/C=C\C/C=C\C/C=C\C/C=C\CCCCC. The van der Waals surface area contributed by atoms with Crippen molar-refractivity contribution in [2.24, 2.45) is 0 Å². The Bertz CT molecular complexity index is 1590. The Morgan fingerprint density at radius 2 is 0.620 bits per heavy atom. The Kier molecular flexibility index (Phi) is 54.0. The second-order valence-corrected chi connectivity index (χ2v) is 18.3. The molecule has 0 aromatic heterocycles. The number of carbonyl (C=O) groups excluding carboxylic acids is 3. The molecule has 0 rings (SSSR count). The van der Waals surface area contributed by atoms with Crippen LogP contribution in [0.15, 0.2) is 146 Å². The lowest BCUT2D eigenvalue weighted by Crippen LogP contribution is -2.30. The van der Waals surface area contributed by atoms with Crippen molar-refractivity contribution < 1.29 is 28.6 Å². The average molecular weight is 980 g/mol. The third-order valence-electron chi connectivity index (χ3n) is 11.5. The number of hydrogen-bond donors (Lipinski definition) is 0. The molecule has 0 aromatic carbocycles. The van der Waals surface area contributed by atoms with Crippen LogP contribution in [0, 0.1) is 0 Å². The maximum atomic E-state index is 12.8. The minimum atomic E-state index is -0.835. The molecule has 0 radical (unpaired) electrons. The molecule has 0 aromatic rings. The van der Waals surface area contributed by atoms with Gasteiger partial charge in [0, 0.05) is 19.3 Å². The summed E-state index contributed by atoms with van der Waals surface area (Å²) < 4.78 is 16.8. The lowest BCUT2D eigenvalue weighted by atomic mass is 10.1. The van der Waals surface area contributed by atoms with E-state index >= 15 is 0 Å². The molecule has 71 heavy (non-hydrogen) atoms. The van der Waals surface area contributed by atoms with Gasteiger partial charge in [0.15, 0.2) is 6.10 Å². The fourth-order valence-electron chi connectivity index (χ4n) is 7.24. The normalized spacial score (nSPS) is 13.2. The highest BCUT2D eigenvalue weighted by molar-refractivity contribution is 5.71. The van der Waals surface area contributed by atoms with Gasteiger partial charge in [0.1, 0.15) is 13.2 Å². The monoisotopic (exact) mass is 979 g/mol. The van der Waals surface area contributed by atoms with Crippen molar-refractivity contribution in [3.8, 4) is 0 Å². The quantitative estimate of drug-likeness (QED) is 0.0199. The van der Waals surface area contributed by atoms with Gasteiger partial charge in [-0.3, -0.25) is 14.4 Å². The summed E-state index contributed by atoms with van der Waals surface area (Å²) in [5.41, 5.74) is 0. The lowest BCUT2D eigenvalue weighted by Gasteiger charge is -2.18. The second kappa shape index (κ2) is 57.9. The van der Waals surface area contributed by atoms with Crippen LogP contribution in [-0.4, -0.2) is 37.2 Å². The molecule has 1 atom stereocenters. The molecule has 1 unspecified atom stereocenters. The van der Waals surface area contributed by atoms with Crippen LogP contribution >= 0.6 is 0 Å². The van der Waals surface area contributed by atoms with E-state index in [1.807, 2.05) is 72.9 Å². The van der Waals surface area contributed by atoms with Gasteiger partial charge in [-0.2, -0.15) is 0 Å². The molecule has 0 saturated carbocycles. The Morgan fingerprint density at radius 3 is 1.08 bits per heavy atom. The predicted octanol–water partition coefficient (Wildman–Crippen LogP) is 19.2. The van der Waals surface area contributed by atoms with Crippen molar-refractivity contribution in [1.29, 1.82) is 0 Å². The predicted molar refractivity (Wildman–Crippen MR) is 306 cm³/mol. The van der Waals surface area contributed by atoms with Crippen LogP contribution in [-0.2, 0) is 28.6 Å². The topological polar surface area (TPSA) is 78.9 Å². The van der Waals surface area contributed by atoms with Gasteiger partial charge in [0.25, 0.3) is 0 Å². The first kappa shape index (κ1) is 66.3. The molecule has 0 N–H and O–H groups in total. The fourth-order valence-corrected chi connectivity index (χ4v) is 7.24. The molecule has 0 fully saturated rings.